The van der Waals surface area contributed by atoms with E-state index in [0.29, 0.717) is 12.0 Å². The molecule has 2 atom stereocenters. The van der Waals surface area contributed by atoms with Crippen LogP contribution in [0.5, 0.6) is 0 Å². The van der Waals surface area contributed by atoms with Gasteiger partial charge in [0.15, 0.2) is 0 Å². The van der Waals surface area contributed by atoms with Gasteiger partial charge in [0.2, 0.25) is 5.91 Å². The summed E-state index contributed by atoms with van der Waals surface area (Å²) in [4.78, 5) is 12.0. The first-order valence-electron chi connectivity index (χ1n) is 8.43. The highest BCUT2D eigenvalue weighted by Gasteiger charge is 2.46. The lowest BCUT2D eigenvalue weighted by Gasteiger charge is -2.34. The van der Waals surface area contributed by atoms with Gasteiger partial charge in [-0.25, -0.2) is 0 Å². The van der Waals surface area contributed by atoms with Gasteiger partial charge in [0.1, 0.15) is 5.54 Å². The van der Waals surface area contributed by atoms with Gasteiger partial charge in [0, 0.05) is 19.8 Å². The highest BCUT2D eigenvalue weighted by Crippen LogP contribution is 2.38. The topological polar surface area (TPSA) is 73.6 Å². The van der Waals surface area contributed by atoms with Gasteiger partial charge in [-0.05, 0) is 51.0 Å². The quantitative estimate of drug-likeness (QED) is 0.714. The van der Waals surface area contributed by atoms with Crippen LogP contribution in [0.1, 0.15) is 51.9 Å². The van der Waals surface area contributed by atoms with Crippen LogP contribution in [0, 0.1) is 5.92 Å². The zero-order valence-corrected chi connectivity index (χ0v) is 13.2. The fraction of sp³-hybridized carbons (Fsp3) is 0.938. The Morgan fingerprint density at radius 1 is 1.38 bits per heavy atom. The summed E-state index contributed by atoms with van der Waals surface area (Å²) >= 11 is 0. The molecule has 0 radical (unpaired) electrons. The minimum atomic E-state index is -0.505. The van der Waals surface area contributed by atoms with E-state index in [1.165, 1.54) is 0 Å². The third-order valence-electron chi connectivity index (χ3n) is 4.94. The molecule has 0 aromatic carbocycles. The number of hydrogen-bond acceptors (Lipinski definition) is 4. The summed E-state index contributed by atoms with van der Waals surface area (Å²) in [5.74, 6) is 0.117. The van der Waals surface area contributed by atoms with Crippen LogP contribution in [0.25, 0.3) is 0 Å². The molecule has 1 saturated heterocycles. The molecule has 1 saturated carbocycles. The van der Waals surface area contributed by atoms with Crippen LogP contribution >= 0.6 is 0 Å². The molecular weight excluding hydrogens is 268 g/mol. The molecule has 0 aromatic heterocycles. The van der Waals surface area contributed by atoms with E-state index in [-0.39, 0.29) is 5.91 Å². The zero-order valence-electron chi connectivity index (χ0n) is 13.2. The lowest BCUT2D eigenvalue weighted by atomic mass is 9.84. The van der Waals surface area contributed by atoms with E-state index in [0.717, 1.165) is 71.3 Å². The lowest BCUT2D eigenvalue weighted by molar-refractivity contribution is -0.126. The first-order valence-corrected chi connectivity index (χ1v) is 8.43. The second kappa shape index (κ2) is 8.11. The average Bonchev–Trinajstić information content (AvgIpc) is 2.90. The molecule has 2 aliphatic rings. The number of primary amides is 1. The lowest BCUT2D eigenvalue weighted by Crippen LogP contribution is -2.58. The van der Waals surface area contributed by atoms with E-state index >= 15 is 0 Å². The number of carbonyl (C=O) groups excluding carboxylic acids is 1. The number of nitrogens with two attached hydrogens (primary N) is 1. The van der Waals surface area contributed by atoms with Gasteiger partial charge in [0.05, 0.1) is 6.10 Å². The van der Waals surface area contributed by atoms with Crippen molar-refractivity contribution in [2.45, 2.75) is 63.5 Å². The third-order valence-corrected chi connectivity index (χ3v) is 4.94. The predicted molar refractivity (Wildman–Crippen MR) is 82.0 cm³/mol. The molecule has 2 fully saturated rings. The molecule has 1 aliphatic heterocycles. The molecule has 1 heterocycles. The van der Waals surface area contributed by atoms with Crippen molar-refractivity contribution in [1.82, 2.24) is 5.32 Å². The van der Waals surface area contributed by atoms with Crippen molar-refractivity contribution >= 4 is 5.91 Å². The molecule has 0 bridgehead atoms. The fourth-order valence-electron chi connectivity index (χ4n) is 3.68. The predicted octanol–water partition coefficient (Wildman–Crippen LogP) is 1.60. The normalized spacial score (nSPS) is 30.6. The minimum Gasteiger partial charge on any atom is -0.381 e. The van der Waals surface area contributed by atoms with Crippen LogP contribution in [0.3, 0.4) is 0 Å². The Kier molecular flexibility index (Phi) is 6.45. The smallest absolute Gasteiger partial charge is 0.238 e. The Balaban J connectivity index is 1.83. The Labute approximate surface area is 127 Å². The molecule has 3 N–H and O–H groups in total. The van der Waals surface area contributed by atoms with E-state index in [1.54, 1.807) is 0 Å². The highest BCUT2D eigenvalue weighted by molar-refractivity contribution is 5.85. The van der Waals surface area contributed by atoms with Gasteiger partial charge in [0.25, 0.3) is 0 Å². The van der Waals surface area contributed by atoms with E-state index in [4.69, 9.17) is 15.2 Å². The summed E-state index contributed by atoms with van der Waals surface area (Å²) in [6.07, 6.45) is 7.23. The van der Waals surface area contributed by atoms with Crippen molar-refractivity contribution in [2.75, 3.05) is 26.4 Å². The van der Waals surface area contributed by atoms with E-state index in [2.05, 4.69) is 12.2 Å². The van der Waals surface area contributed by atoms with Crippen LogP contribution in [-0.2, 0) is 14.3 Å². The van der Waals surface area contributed by atoms with Crippen molar-refractivity contribution in [3.05, 3.63) is 0 Å². The van der Waals surface area contributed by atoms with Crippen LogP contribution in [0.2, 0.25) is 0 Å². The number of rotatable bonds is 8. The standard InChI is InChI=1S/C16H30N2O3/c1-2-9-18-16(15(17)19)8-3-4-13(16)5-12-21-14-6-10-20-11-7-14/h13-14,18H,2-12H2,1H3,(H2,17,19). The van der Waals surface area contributed by atoms with Gasteiger partial charge in [-0.15, -0.1) is 0 Å². The van der Waals surface area contributed by atoms with Crippen LogP contribution in [0.4, 0.5) is 0 Å². The number of amides is 1. The van der Waals surface area contributed by atoms with Crippen molar-refractivity contribution in [3.8, 4) is 0 Å². The van der Waals surface area contributed by atoms with Crippen molar-refractivity contribution in [1.29, 1.82) is 0 Å². The first-order chi connectivity index (χ1) is 10.2. The fourth-order valence-corrected chi connectivity index (χ4v) is 3.68. The Bertz CT molecular complexity index is 331. The summed E-state index contributed by atoms with van der Waals surface area (Å²) in [7, 11) is 0. The van der Waals surface area contributed by atoms with Gasteiger partial charge >= 0.3 is 0 Å². The summed E-state index contributed by atoms with van der Waals surface area (Å²) in [6.45, 7) is 5.28. The maximum atomic E-state index is 12.0. The number of nitrogens with one attached hydrogen (secondary N) is 1. The highest BCUT2D eigenvalue weighted by atomic mass is 16.5. The number of carbonyl (C=O) groups is 1. The minimum absolute atomic E-state index is 0.190. The summed E-state index contributed by atoms with van der Waals surface area (Å²) < 4.78 is 11.3. The average molecular weight is 298 g/mol. The summed E-state index contributed by atoms with van der Waals surface area (Å²) in [5.41, 5.74) is 5.21. The van der Waals surface area contributed by atoms with E-state index < -0.39 is 5.54 Å². The molecule has 0 spiro atoms. The van der Waals surface area contributed by atoms with Gasteiger partial charge in [-0.2, -0.15) is 0 Å². The maximum Gasteiger partial charge on any atom is 0.238 e. The number of ether oxygens (including phenoxy) is 2. The second-order valence-electron chi connectivity index (χ2n) is 6.32. The van der Waals surface area contributed by atoms with E-state index in [1.807, 2.05) is 0 Å². The SMILES string of the molecule is CCCNC1(C(N)=O)CCCC1CCOC1CCOCC1. The largest absolute Gasteiger partial charge is 0.381 e. The van der Waals surface area contributed by atoms with Crippen molar-refractivity contribution in [3.63, 3.8) is 0 Å². The van der Waals surface area contributed by atoms with Gasteiger partial charge in [-0.1, -0.05) is 13.3 Å². The molecule has 5 nitrogen and oxygen atoms in total. The van der Waals surface area contributed by atoms with Crippen molar-refractivity contribution in [2.24, 2.45) is 11.7 Å². The Morgan fingerprint density at radius 2 is 2.14 bits per heavy atom. The number of hydrogen-bond donors (Lipinski definition) is 2. The van der Waals surface area contributed by atoms with Crippen LogP contribution in [-0.4, -0.2) is 43.9 Å². The molecule has 2 unspecified atom stereocenters. The molecule has 2 rings (SSSR count). The first kappa shape index (κ1) is 16.7. The monoisotopic (exact) mass is 298 g/mol. The molecule has 0 aromatic rings. The zero-order chi connectivity index (χ0) is 15.1. The van der Waals surface area contributed by atoms with E-state index in [9.17, 15) is 4.79 Å². The maximum absolute atomic E-state index is 12.0. The molecule has 5 heteroatoms. The Morgan fingerprint density at radius 3 is 2.81 bits per heavy atom. The Hall–Kier alpha value is -0.650. The summed E-state index contributed by atoms with van der Waals surface area (Å²) in [6, 6.07) is 0. The van der Waals surface area contributed by atoms with Crippen molar-refractivity contribution < 1.29 is 14.3 Å². The molecule has 1 amide bonds. The molecular formula is C16H30N2O3. The van der Waals surface area contributed by atoms with Crippen LogP contribution < -0.4 is 11.1 Å². The molecule has 122 valence electrons. The third kappa shape index (κ3) is 4.18. The molecule has 21 heavy (non-hydrogen) atoms. The van der Waals surface area contributed by atoms with Crippen LogP contribution in [0.15, 0.2) is 0 Å². The van der Waals surface area contributed by atoms with Gasteiger partial charge < -0.3 is 20.5 Å². The molecule has 1 aliphatic carbocycles. The van der Waals surface area contributed by atoms with Gasteiger partial charge in [-0.3, -0.25) is 4.79 Å². The second-order valence-corrected chi connectivity index (χ2v) is 6.32. The summed E-state index contributed by atoms with van der Waals surface area (Å²) in [5, 5.41) is 3.43.